The van der Waals surface area contributed by atoms with Crippen LogP contribution in [0, 0.1) is 11.7 Å². The van der Waals surface area contributed by atoms with Crippen molar-refractivity contribution in [3.8, 4) is 0 Å². The van der Waals surface area contributed by atoms with Crippen molar-refractivity contribution in [2.75, 3.05) is 0 Å². The predicted molar refractivity (Wildman–Crippen MR) is 78.7 cm³/mol. The molecule has 0 amide bonds. The van der Waals surface area contributed by atoms with Gasteiger partial charge in [0, 0.05) is 10.5 Å². The van der Waals surface area contributed by atoms with E-state index < -0.39 is 0 Å². The van der Waals surface area contributed by atoms with E-state index in [2.05, 4.69) is 20.9 Å². The first-order valence-corrected chi connectivity index (χ1v) is 7.23. The van der Waals surface area contributed by atoms with Crippen molar-refractivity contribution in [3.63, 3.8) is 0 Å². The van der Waals surface area contributed by atoms with Crippen LogP contribution in [-0.2, 0) is 0 Å². The molecule has 0 atom stereocenters. The number of nitrogens with one attached hydrogen (secondary N) is 1. The number of benzene rings is 1. The third kappa shape index (κ3) is 1.68. The minimum absolute atomic E-state index is 0.0362. The highest BCUT2D eigenvalue weighted by Crippen LogP contribution is 2.31. The maximum Gasteiger partial charge on any atom is 0.262 e. The lowest BCUT2D eigenvalue weighted by atomic mass is 9.93. The van der Waals surface area contributed by atoms with Gasteiger partial charge in [0.05, 0.1) is 10.9 Å². The molecule has 3 nitrogen and oxygen atoms in total. The number of fused-ring (bicyclic) bond motifs is 1. The van der Waals surface area contributed by atoms with Gasteiger partial charge in [0.15, 0.2) is 4.77 Å². The van der Waals surface area contributed by atoms with Crippen molar-refractivity contribution < 1.29 is 0 Å². The van der Waals surface area contributed by atoms with Crippen LogP contribution >= 0.6 is 28.1 Å². The van der Waals surface area contributed by atoms with Crippen LogP contribution in [0.4, 0.5) is 0 Å². The zero-order chi connectivity index (χ0) is 12.9. The molecule has 0 saturated heterocycles. The van der Waals surface area contributed by atoms with Gasteiger partial charge >= 0.3 is 0 Å². The summed E-state index contributed by atoms with van der Waals surface area (Å²) in [5.74, 6) is 0. The molecule has 1 N–H and O–H groups in total. The quantitative estimate of drug-likeness (QED) is 0.809. The van der Waals surface area contributed by atoms with E-state index in [1.807, 2.05) is 19.1 Å². The molecule has 94 valence electrons. The summed E-state index contributed by atoms with van der Waals surface area (Å²) in [6.45, 7) is 1.98. The number of halogens is 1. The largest absolute Gasteiger partial charge is 0.331 e. The number of hydrogen-bond acceptors (Lipinski definition) is 2. The highest BCUT2D eigenvalue weighted by atomic mass is 79.9. The smallest absolute Gasteiger partial charge is 0.262 e. The zero-order valence-electron chi connectivity index (χ0n) is 10.00. The Morgan fingerprint density at radius 2 is 2.17 bits per heavy atom. The van der Waals surface area contributed by atoms with E-state index in [0.717, 1.165) is 33.8 Å². The molecule has 1 aliphatic rings. The molecular weight excluding hydrogens is 312 g/mol. The van der Waals surface area contributed by atoms with Crippen molar-refractivity contribution in [3.05, 3.63) is 37.3 Å². The average molecular weight is 325 g/mol. The molecular formula is C13H13BrN2OS. The standard InChI is InChI=1S/C13H13BrN2OS/c1-7-10(14)6-5-9-11(7)15-13(18)16(12(9)17)8-3-2-4-8/h5-6,8H,2-4H2,1H3,(H,15,18). The SMILES string of the molecule is Cc1c(Br)ccc2c(=O)n(C3CCC3)c(=S)[nH]c12. The van der Waals surface area contributed by atoms with Crippen LogP contribution in [0.1, 0.15) is 30.9 Å². The van der Waals surface area contributed by atoms with Crippen molar-refractivity contribution in [1.29, 1.82) is 0 Å². The van der Waals surface area contributed by atoms with Gasteiger partial charge in [-0.1, -0.05) is 15.9 Å². The summed E-state index contributed by atoms with van der Waals surface area (Å²) in [6, 6.07) is 4.06. The summed E-state index contributed by atoms with van der Waals surface area (Å²) in [6.07, 6.45) is 3.29. The Hall–Kier alpha value is -0.940. The fourth-order valence-corrected chi connectivity index (χ4v) is 3.06. The lowest BCUT2D eigenvalue weighted by molar-refractivity contribution is 0.302. The fraction of sp³-hybridized carbons (Fsp3) is 0.385. The Morgan fingerprint density at radius 3 is 2.78 bits per heavy atom. The summed E-state index contributed by atoms with van der Waals surface area (Å²) in [7, 11) is 0. The first-order chi connectivity index (χ1) is 8.59. The van der Waals surface area contributed by atoms with Crippen LogP contribution in [0.2, 0.25) is 0 Å². The molecule has 1 aromatic heterocycles. The van der Waals surface area contributed by atoms with Crippen LogP contribution in [-0.4, -0.2) is 9.55 Å². The molecule has 0 aliphatic heterocycles. The summed E-state index contributed by atoms with van der Waals surface area (Å²) >= 11 is 8.81. The molecule has 1 aliphatic carbocycles. The van der Waals surface area contributed by atoms with Gasteiger partial charge in [-0.3, -0.25) is 9.36 Å². The van der Waals surface area contributed by atoms with Gasteiger partial charge in [-0.25, -0.2) is 0 Å². The Morgan fingerprint density at radius 1 is 1.44 bits per heavy atom. The molecule has 0 radical (unpaired) electrons. The molecule has 1 aromatic carbocycles. The monoisotopic (exact) mass is 324 g/mol. The van der Waals surface area contributed by atoms with Gasteiger partial charge < -0.3 is 4.98 Å². The second kappa shape index (κ2) is 4.31. The van der Waals surface area contributed by atoms with Gasteiger partial charge in [0.25, 0.3) is 5.56 Å². The van der Waals surface area contributed by atoms with Crippen LogP contribution < -0.4 is 5.56 Å². The predicted octanol–water partition coefficient (Wildman–Crippen LogP) is 3.86. The topological polar surface area (TPSA) is 37.8 Å². The number of aryl methyl sites for hydroxylation is 1. The van der Waals surface area contributed by atoms with Crippen molar-refractivity contribution in [1.82, 2.24) is 9.55 Å². The van der Waals surface area contributed by atoms with Crippen molar-refractivity contribution >= 4 is 39.1 Å². The van der Waals surface area contributed by atoms with Crippen LogP contribution in [0.3, 0.4) is 0 Å². The second-order valence-corrected chi connectivity index (χ2v) is 6.03. The minimum Gasteiger partial charge on any atom is -0.331 e. The number of hydrogen-bond donors (Lipinski definition) is 1. The molecule has 0 bridgehead atoms. The maximum absolute atomic E-state index is 12.5. The van der Waals surface area contributed by atoms with E-state index in [9.17, 15) is 4.79 Å². The summed E-state index contributed by atoms with van der Waals surface area (Å²) in [5.41, 5.74) is 1.90. The molecule has 0 unspecified atom stereocenters. The maximum atomic E-state index is 12.5. The van der Waals surface area contributed by atoms with Crippen LogP contribution in [0.5, 0.6) is 0 Å². The molecule has 1 fully saturated rings. The van der Waals surface area contributed by atoms with E-state index >= 15 is 0 Å². The zero-order valence-corrected chi connectivity index (χ0v) is 12.4. The van der Waals surface area contributed by atoms with E-state index in [0.29, 0.717) is 4.77 Å². The first-order valence-electron chi connectivity index (χ1n) is 6.03. The molecule has 1 saturated carbocycles. The van der Waals surface area contributed by atoms with Gasteiger partial charge in [-0.2, -0.15) is 0 Å². The summed E-state index contributed by atoms with van der Waals surface area (Å²) in [4.78, 5) is 15.7. The molecule has 0 spiro atoms. The number of aromatic nitrogens is 2. The Bertz CT molecular complexity index is 743. The molecule has 18 heavy (non-hydrogen) atoms. The Balaban J connectivity index is 2.39. The minimum atomic E-state index is 0.0362. The highest BCUT2D eigenvalue weighted by Gasteiger charge is 2.22. The van der Waals surface area contributed by atoms with Crippen LogP contribution in [0.25, 0.3) is 10.9 Å². The van der Waals surface area contributed by atoms with Crippen molar-refractivity contribution in [2.24, 2.45) is 0 Å². The average Bonchev–Trinajstić information content (AvgIpc) is 2.27. The normalized spacial score (nSPS) is 15.9. The van der Waals surface area contributed by atoms with Crippen molar-refractivity contribution in [2.45, 2.75) is 32.2 Å². The third-order valence-electron chi connectivity index (χ3n) is 3.74. The van der Waals surface area contributed by atoms with Gasteiger partial charge in [-0.15, -0.1) is 0 Å². The van der Waals surface area contributed by atoms with E-state index in [4.69, 9.17) is 12.2 Å². The van der Waals surface area contributed by atoms with Gasteiger partial charge in [-0.05, 0) is 56.1 Å². The Labute approximate surface area is 118 Å². The first kappa shape index (κ1) is 12.1. The van der Waals surface area contributed by atoms with E-state index in [-0.39, 0.29) is 11.6 Å². The van der Waals surface area contributed by atoms with Gasteiger partial charge in [0.2, 0.25) is 0 Å². The highest BCUT2D eigenvalue weighted by molar-refractivity contribution is 9.10. The van der Waals surface area contributed by atoms with Gasteiger partial charge in [0.1, 0.15) is 0 Å². The lowest BCUT2D eigenvalue weighted by Gasteiger charge is -2.27. The van der Waals surface area contributed by atoms with E-state index in [1.165, 1.54) is 6.42 Å². The number of rotatable bonds is 1. The molecule has 1 heterocycles. The number of aromatic amines is 1. The lowest BCUT2D eigenvalue weighted by Crippen LogP contribution is -2.30. The van der Waals surface area contributed by atoms with Crippen LogP contribution in [0.15, 0.2) is 21.4 Å². The molecule has 3 rings (SSSR count). The molecule has 2 aromatic rings. The third-order valence-corrected chi connectivity index (χ3v) is 4.90. The Kier molecular flexibility index (Phi) is 2.90. The summed E-state index contributed by atoms with van der Waals surface area (Å²) < 4.78 is 3.27. The fourth-order valence-electron chi connectivity index (χ4n) is 2.39. The second-order valence-electron chi connectivity index (χ2n) is 4.78. The number of nitrogens with zero attached hydrogens (tertiary/aromatic N) is 1. The number of H-pyrrole nitrogens is 1. The summed E-state index contributed by atoms with van der Waals surface area (Å²) in [5, 5.41) is 0.719. The van der Waals surface area contributed by atoms with E-state index in [1.54, 1.807) is 4.57 Å². The molecule has 5 heteroatoms.